The van der Waals surface area contributed by atoms with Crippen LogP contribution in [0.25, 0.3) is 11.1 Å². The highest BCUT2D eigenvalue weighted by Gasteiger charge is 2.23. The Bertz CT molecular complexity index is 505. The Morgan fingerprint density at radius 1 is 1.41 bits per heavy atom. The molecule has 5 heteroatoms. The molecular weight excluding hydrogens is 216 g/mol. The Hall–Kier alpha value is -1.91. The van der Waals surface area contributed by atoms with E-state index in [1.807, 2.05) is 13.1 Å². The van der Waals surface area contributed by atoms with Crippen LogP contribution in [0.4, 0.5) is 0 Å². The molecule has 5 nitrogen and oxygen atoms in total. The topological polar surface area (TPSA) is 63.7 Å². The third-order valence-corrected chi connectivity index (χ3v) is 2.84. The van der Waals surface area contributed by atoms with Crippen LogP contribution < -0.4 is 4.74 Å². The van der Waals surface area contributed by atoms with Gasteiger partial charge in [0, 0.05) is 18.0 Å². The van der Waals surface area contributed by atoms with Crippen LogP contribution in [0.2, 0.25) is 0 Å². The van der Waals surface area contributed by atoms with E-state index in [1.54, 1.807) is 12.4 Å². The maximum Gasteiger partial charge on any atom is 0.224 e. The smallest absolute Gasteiger partial charge is 0.224 e. The van der Waals surface area contributed by atoms with E-state index >= 15 is 0 Å². The van der Waals surface area contributed by atoms with Crippen molar-refractivity contribution in [1.82, 2.24) is 20.2 Å². The van der Waals surface area contributed by atoms with Crippen LogP contribution in [-0.4, -0.2) is 26.8 Å². The van der Waals surface area contributed by atoms with Gasteiger partial charge in [0.15, 0.2) is 0 Å². The van der Waals surface area contributed by atoms with Crippen molar-refractivity contribution in [3.05, 3.63) is 24.4 Å². The lowest BCUT2D eigenvalue weighted by Crippen LogP contribution is -2.03. The Morgan fingerprint density at radius 3 is 3.00 bits per heavy atom. The van der Waals surface area contributed by atoms with Gasteiger partial charge < -0.3 is 4.74 Å². The number of hydrogen-bond donors (Lipinski definition) is 1. The van der Waals surface area contributed by atoms with Gasteiger partial charge in [0.05, 0.1) is 18.4 Å². The van der Waals surface area contributed by atoms with Crippen molar-refractivity contribution in [3.63, 3.8) is 0 Å². The first-order valence-electron chi connectivity index (χ1n) is 5.78. The van der Waals surface area contributed by atoms with E-state index in [1.165, 1.54) is 12.8 Å². The van der Waals surface area contributed by atoms with Gasteiger partial charge >= 0.3 is 0 Å². The fraction of sp³-hybridized carbons (Fsp3) is 0.417. The van der Waals surface area contributed by atoms with Crippen molar-refractivity contribution >= 4 is 0 Å². The van der Waals surface area contributed by atoms with Crippen LogP contribution >= 0.6 is 0 Å². The van der Waals surface area contributed by atoms with Gasteiger partial charge in [-0.2, -0.15) is 10.1 Å². The first kappa shape index (κ1) is 10.3. The van der Waals surface area contributed by atoms with E-state index in [4.69, 9.17) is 4.74 Å². The second-order valence-corrected chi connectivity index (χ2v) is 4.38. The molecule has 17 heavy (non-hydrogen) atoms. The summed E-state index contributed by atoms with van der Waals surface area (Å²) in [7, 11) is 0. The molecule has 0 aliphatic heterocycles. The lowest BCUT2D eigenvalue weighted by atomic mass is 10.2. The first-order valence-corrected chi connectivity index (χ1v) is 5.78. The minimum absolute atomic E-state index is 0.658. The molecule has 88 valence electrons. The highest BCUT2D eigenvalue weighted by molar-refractivity contribution is 5.66. The molecule has 0 aromatic carbocycles. The average Bonchev–Trinajstić information content (AvgIpc) is 3.00. The van der Waals surface area contributed by atoms with E-state index < -0.39 is 0 Å². The molecule has 1 fully saturated rings. The maximum absolute atomic E-state index is 5.77. The first-order chi connectivity index (χ1) is 8.33. The summed E-state index contributed by atoms with van der Waals surface area (Å²) in [6.07, 6.45) is 7.89. The zero-order chi connectivity index (χ0) is 11.7. The van der Waals surface area contributed by atoms with Gasteiger partial charge in [-0.25, -0.2) is 4.98 Å². The zero-order valence-corrected chi connectivity index (χ0v) is 9.68. The number of aromatic nitrogens is 4. The summed E-state index contributed by atoms with van der Waals surface area (Å²) in [4.78, 5) is 8.56. The van der Waals surface area contributed by atoms with E-state index in [0.29, 0.717) is 11.8 Å². The summed E-state index contributed by atoms with van der Waals surface area (Å²) in [5.41, 5.74) is 1.85. The van der Waals surface area contributed by atoms with Crippen LogP contribution in [0.1, 0.15) is 18.7 Å². The van der Waals surface area contributed by atoms with Crippen LogP contribution in [0.3, 0.4) is 0 Å². The van der Waals surface area contributed by atoms with Crippen molar-refractivity contribution in [2.45, 2.75) is 19.8 Å². The maximum atomic E-state index is 5.77. The number of nitrogens with zero attached hydrogens (tertiary/aromatic N) is 3. The lowest BCUT2D eigenvalue weighted by Gasteiger charge is -2.08. The number of nitrogens with one attached hydrogen (secondary N) is 1. The zero-order valence-electron chi connectivity index (χ0n) is 9.68. The summed E-state index contributed by atoms with van der Waals surface area (Å²) < 4.78 is 5.77. The minimum atomic E-state index is 0.658. The SMILES string of the molecule is Cc1ncc(-c2cn[nH]c2)c(OCC2CC2)n1. The third-order valence-electron chi connectivity index (χ3n) is 2.84. The van der Waals surface area contributed by atoms with Crippen LogP contribution in [0, 0.1) is 12.8 Å². The molecule has 2 heterocycles. The van der Waals surface area contributed by atoms with Gasteiger partial charge in [-0.1, -0.05) is 0 Å². The van der Waals surface area contributed by atoms with Crippen LogP contribution in [0.5, 0.6) is 5.88 Å². The van der Waals surface area contributed by atoms with Crippen LogP contribution in [0.15, 0.2) is 18.6 Å². The van der Waals surface area contributed by atoms with Gasteiger partial charge in [-0.3, -0.25) is 5.10 Å². The van der Waals surface area contributed by atoms with Gasteiger partial charge in [-0.15, -0.1) is 0 Å². The molecule has 0 spiro atoms. The average molecular weight is 230 g/mol. The molecule has 1 aliphatic rings. The second kappa shape index (κ2) is 4.16. The van der Waals surface area contributed by atoms with E-state index in [9.17, 15) is 0 Å². The number of hydrogen-bond acceptors (Lipinski definition) is 4. The Kier molecular flexibility index (Phi) is 2.51. The number of aromatic amines is 1. The standard InChI is InChI=1S/C12H14N4O/c1-8-13-6-11(10-4-14-15-5-10)12(16-8)17-7-9-2-3-9/h4-6,9H,2-3,7H2,1H3,(H,14,15). The van der Waals surface area contributed by atoms with Gasteiger partial charge in [0.1, 0.15) is 5.82 Å². The van der Waals surface area contributed by atoms with E-state index in [2.05, 4.69) is 20.2 Å². The molecular formula is C12H14N4O. The molecule has 1 N–H and O–H groups in total. The summed E-state index contributed by atoms with van der Waals surface area (Å²) in [5, 5.41) is 6.72. The van der Waals surface area contributed by atoms with Crippen LogP contribution in [-0.2, 0) is 0 Å². The molecule has 1 saturated carbocycles. The highest BCUT2D eigenvalue weighted by Crippen LogP contribution is 2.32. The molecule has 1 aliphatic carbocycles. The molecule has 0 saturated heterocycles. The van der Waals surface area contributed by atoms with Crippen molar-refractivity contribution < 1.29 is 4.74 Å². The third kappa shape index (κ3) is 2.27. The van der Waals surface area contributed by atoms with Gasteiger partial charge in [-0.05, 0) is 25.7 Å². The molecule has 0 amide bonds. The Balaban J connectivity index is 1.89. The van der Waals surface area contributed by atoms with E-state index in [-0.39, 0.29) is 0 Å². The predicted octanol–water partition coefficient (Wildman–Crippen LogP) is 1.96. The summed E-state index contributed by atoms with van der Waals surface area (Å²) in [6, 6.07) is 0. The summed E-state index contributed by atoms with van der Waals surface area (Å²) >= 11 is 0. The summed E-state index contributed by atoms with van der Waals surface area (Å²) in [5.74, 6) is 2.09. The minimum Gasteiger partial charge on any atom is -0.477 e. The Morgan fingerprint density at radius 2 is 2.29 bits per heavy atom. The fourth-order valence-electron chi connectivity index (χ4n) is 1.64. The molecule has 2 aromatic heterocycles. The number of rotatable bonds is 4. The quantitative estimate of drug-likeness (QED) is 0.872. The molecule has 0 unspecified atom stereocenters. The van der Waals surface area contributed by atoms with Crippen molar-refractivity contribution in [1.29, 1.82) is 0 Å². The predicted molar refractivity (Wildman–Crippen MR) is 62.6 cm³/mol. The van der Waals surface area contributed by atoms with Gasteiger partial charge in [0.2, 0.25) is 5.88 Å². The van der Waals surface area contributed by atoms with E-state index in [0.717, 1.165) is 23.6 Å². The van der Waals surface area contributed by atoms with Crippen molar-refractivity contribution in [2.24, 2.45) is 5.92 Å². The Labute approximate surface area is 99.3 Å². The van der Waals surface area contributed by atoms with Crippen molar-refractivity contribution in [2.75, 3.05) is 6.61 Å². The monoisotopic (exact) mass is 230 g/mol. The molecule has 2 aromatic rings. The molecule has 3 rings (SSSR count). The molecule has 0 atom stereocenters. The molecule has 0 bridgehead atoms. The normalized spacial score (nSPS) is 14.9. The largest absolute Gasteiger partial charge is 0.477 e. The highest BCUT2D eigenvalue weighted by atomic mass is 16.5. The van der Waals surface area contributed by atoms with Gasteiger partial charge in [0.25, 0.3) is 0 Å². The number of ether oxygens (including phenoxy) is 1. The lowest BCUT2D eigenvalue weighted by molar-refractivity contribution is 0.288. The van der Waals surface area contributed by atoms with Crippen molar-refractivity contribution in [3.8, 4) is 17.0 Å². The second-order valence-electron chi connectivity index (χ2n) is 4.38. The summed E-state index contributed by atoms with van der Waals surface area (Å²) in [6.45, 7) is 2.62. The molecule has 0 radical (unpaired) electrons. The number of H-pyrrole nitrogens is 1. The number of aryl methyl sites for hydroxylation is 1. The fourth-order valence-corrected chi connectivity index (χ4v) is 1.64.